The number of nitrogens with zero attached hydrogens (tertiary/aromatic N) is 3. The molecule has 0 aliphatic rings. The van der Waals surface area contributed by atoms with Crippen LogP contribution in [0.3, 0.4) is 0 Å². The van der Waals surface area contributed by atoms with Crippen LogP contribution in [0.25, 0.3) is 22.0 Å². The summed E-state index contributed by atoms with van der Waals surface area (Å²) in [5, 5.41) is 5.23. The Hall–Kier alpha value is -2.95. The molecule has 0 saturated heterocycles. The third-order valence-corrected chi connectivity index (χ3v) is 3.22. The van der Waals surface area contributed by atoms with E-state index in [1.165, 1.54) is 0 Å². The molecule has 0 radical (unpaired) electrons. The Morgan fingerprint density at radius 2 is 2.19 bits per heavy atom. The van der Waals surface area contributed by atoms with Gasteiger partial charge in [-0.2, -0.15) is 5.10 Å². The van der Waals surface area contributed by atoms with E-state index in [9.17, 15) is 4.79 Å². The molecule has 1 aromatic carbocycles. The fourth-order valence-electron chi connectivity index (χ4n) is 2.17. The van der Waals surface area contributed by atoms with Gasteiger partial charge in [-0.15, -0.1) is 0 Å². The van der Waals surface area contributed by atoms with Gasteiger partial charge in [-0.3, -0.25) is 9.67 Å². The lowest BCUT2D eigenvalue weighted by Crippen LogP contribution is -2.04. The van der Waals surface area contributed by atoms with Crippen LogP contribution in [0.1, 0.15) is 0 Å². The maximum atomic E-state index is 11.4. The van der Waals surface area contributed by atoms with Crippen molar-refractivity contribution in [3.8, 4) is 16.9 Å². The molecule has 5 heteroatoms. The monoisotopic (exact) mass is 279 g/mol. The summed E-state index contributed by atoms with van der Waals surface area (Å²) in [6.45, 7) is 3.40. The van der Waals surface area contributed by atoms with Crippen molar-refractivity contribution in [2.45, 2.75) is 0 Å². The molecule has 0 spiro atoms. The average molecular weight is 279 g/mol. The molecule has 0 aliphatic heterocycles. The molecule has 0 aliphatic carbocycles. The first-order chi connectivity index (χ1) is 10.2. The van der Waals surface area contributed by atoms with Gasteiger partial charge in [0, 0.05) is 36.5 Å². The first-order valence-electron chi connectivity index (χ1n) is 6.39. The van der Waals surface area contributed by atoms with Gasteiger partial charge in [0.25, 0.3) is 0 Å². The van der Waals surface area contributed by atoms with Crippen LogP contribution in [0.15, 0.2) is 55.5 Å². The second-order valence-electron chi connectivity index (χ2n) is 4.54. The van der Waals surface area contributed by atoms with Crippen LogP contribution in [0.2, 0.25) is 0 Å². The quantitative estimate of drug-likeness (QED) is 0.546. The van der Waals surface area contributed by atoms with Crippen molar-refractivity contribution < 1.29 is 9.53 Å². The minimum absolute atomic E-state index is 0.457. The molecule has 2 heterocycles. The van der Waals surface area contributed by atoms with Crippen molar-refractivity contribution >= 4 is 16.9 Å². The highest BCUT2D eigenvalue weighted by Crippen LogP contribution is 2.31. The van der Waals surface area contributed by atoms with E-state index in [2.05, 4.69) is 16.7 Å². The largest absolute Gasteiger partial charge is 0.423 e. The highest BCUT2D eigenvalue weighted by Gasteiger charge is 2.10. The minimum atomic E-state index is -0.495. The summed E-state index contributed by atoms with van der Waals surface area (Å²) in [5.74, 6) is -0.0388. The zero-order valence-corrected chi connectivity index (χ0v) is 11.5. The Morgan fingerprint density at radius 3 is 3.00 bits per heavy atom. The van der Waals surface area contributed by atoms with Gasteiger partial charge >= 0.3 is 5.97 Å². The van der Waals surface area contributed by atoms with Crippen LogP contribution < -0.4 is 4.74 Å². The van der Waals surface area contributed by atoms with Crippen LogP contribution in [-0.4, -0.2) is 20.7 Å². The summed E-state index contributed by atoms with van der Waals surface area (Å²) in [4.78, 5) is 15.5. The van der Waals surface area contributed by atoms with Gasteiger partial charge in [-0.05, 0) is 23.8 Å². The number of aromatic nitrogens is 3. The van der Waals surface area contributed by atoms with E-state index in [0.29, 0.717) is 5.75 Å². The van der Waals surface area contributed by atoms with Gasteiger partial charge in [0.05, 0.1) is 11.7 Å². The first-order valence-corrected chi connectivity index (χ1v) is 6.39. The number of hydrogen-bond donors (Lipinski definition) is 0. The minimum Gasteiger partial charge on any atom is -0.423 e. The Kier molecular flexibility index (Phi) is 3.23. The number of carbonyl (C=O) groups excluding carboxylic acids is 1. The summed E-state index contributed by atoms with van der Waals surface area (Å²) < 4.78 is 7.06. The van der Waals surface area contributed by atoms with Crippen molar-refractivity contribution in [2.75, 3.05) is 0 Å². The molecule has 0 atom stereocenters. The van der Waals surface area contributed by atoms with Crippen LogP contribution in [-0.2, 0) is 11.8 Å². The molecule has 0 N–H and O–H groups in total. The summed E-state index contributed by atoms with van der Waals surface area (Å²) in [7, 11) is 1.89. The third-order valence-electron chi connectivity index (χ3n) is 3.22. The molecule has 21 heavy (non-hydrogen) atoms. The van der Waals surface area contributed by atoms with E-state index < -0.39 is 5.97 Å². The number of hydrogen-bond acceptors (Lipinski definition) is 4. The zero-order chi connectivity index (χ0) is 14.8. The maximum absolute atomic E-state index is 11.4. The number of ether oxygens (including phenoxy) is 1. The normalized spacial score (nSPS) is 10.5. The van der Waals surface area contributed by atoms with Crippen molar-refractivity contribution in [1.29, 1.82) is 0 Å². The van der Waals surface area contributed by atoms with Crippen molar-refractivity contribution in [3.05, 3.63) is 55.5 Å². The number of fused-ring (bicyclic) bond motifs is 1. The number of benzene rings is 1. The summed E-state index contributed by atoms with van der Waals surface area (Å²) in [5.41, 5.74) is 2.70. The first kappa shape index (κ1) is 13.1. The van der Waals surface area contributed by atoms with Crippen LogP contribution >= 0.6 is 0 Å². The van der Waals surface area contributed by atoms with E-state index >= 15 is 0 Å². The summed E-state index contributed by atoms with van der Waals surface area (Å²) >= 11 is 0. The van der Waals surface area contributed by atoms with E-state index in [4.69, 9.17) is 4.74 Å². The summed E-state index contributed by atoms with van der Waals surface area (Å²) in [6, 6.07) is 7.57. The van der Waals surface area contributed by atoms with Crippen LogP contribution in [0.4, 0.5) is 0 Å². The van der Waals surface area contributed by atoms with Gasteiger partial charge in [0.1, 0.15) is 5.75 Å². The van der Waals surface area contributed by atoms with Gasteiger partial charge in [-0.1, -0.05) is 12.6 Å². The molecule has 2 aromatic heterocycles. The summed E-state index contributed by atoms with van der Waals surface area (Å²) in [6.07, 6.45) is 6.18. The number of aryl methyl sites for hydroxylation is 1. The highest BCUT2D eigenvalue weighted by molar-refractivity contribution is 5.88. The standard InChI is InChI=1S/C16H13N3O2/c1-3-16(20)21-15-6-7-17-10-13(15)11-4-5-14-12(8-11)9-18-19(14)2/h3-10H,1H2,2H3. The van der Waals surface area contributed by atoms with Crippen molar-refractivity contribution in [3.63, 3.8) is 0 Å². The lowest BCUT2D eigenvalue weighted by molar-refractivity contribution is -0.128. The Labute approximate surface area is 121 Å². The van der Waals surface area contributed by atoms with E-state index in [1.54, 1.807) is 29.3 Å². The molecule has 3 rings (SSSR count). The SMILES string of the molecule is C=CC(=O)Oc1ccncc1-c1ccc2c(cnn2C)c1. The van der Waals surface area contributed by atoms with Crippen molar-refractivity contribution in [2.24, 2.45) is 7.05 Å². The predicted octanol–water partition coefficient (Wildman–Crippen LogP) is 2.73. The molecule has 0 bridgehead atoms. The van der Waals surface area contributed by atoms with Gasteiger partial charge in [-0.25, -0.2) is 4.79 Å². The Bertz CT molecular complexity index is 836. The molecule has 0 saturated carbocycles. The maximum Gasteiger partial charge on any atom is 0.335 e. The van der Waals surface area contributed by atoms with Gasteiger partial charge < -0.3 is 4.74 Å². The zero-order valence-electron chi connectivity index (χ0n) is 11.5. The molecule has 5 nitrogen and oxygen atoms in total. The molecule has 104 valence electrons. The lowest BCUT2D eigenvalue weighted by Gasteiger charge is -2.08. The Morgan fingerprint density at radius 1 is 1.33 bits per heavy atom. The Balaban J connectivity index is 2.09. The third kappa shape index (κ3) is 2.41. The topological polar surface area (TPSA) is 57.0 Å². The predicted molar refractivity (Wildman–Crippen MR) is 79.8 cm³/mol. The number of carbonyl (C=O) groups is 1. The second kappa shape index (κ2) is 5.20. The van der Waals surface area contributed by atoms with E-state index in [0.717, 1.165) is 28.1 Å². The molecule has 0 unspecified atom stereocenters. The molecule has 3 aromatic rings. The fourth-order valence-corrected chi connectivity index (χ4v) is 2.17. The molecular weight excluding hydrogens is 266 g/mol. The fraction of sp³-hybridized carbons (Fsp3) is 0.0625. The van der Waals surface area contributed by atoms with Crippen LogP contribution in [0, 0.1) is 0 Å². The second-order valence-corrected chi connectivity index (χ2v) is 4.54. The molecule has 0 amide bonds. The van der Waals surface area contributed by atoms with Crippen LogP contribution in [0.5, 0.6) is 5.75 Å². The van der Waals surface area contributed by atoms with Gasteiger partial charge in [0.2, 0.25) is 0 Å². The highest BCUT2D eigenvalue weighted by atomic mass is 16.5. The van der Waals surface area contributed by atoms with Gasteiger partial charge in [0.15, 0.2) is 0 Å². The van der Waals surface area contributed by atoms with Crippen molar-refractivity contribution in [1.82, 2.24) is 14.8 Å². The average Bonchev–Trinajstić information content (AvgIpc) is 2.88. The molecular formula is C16H13N3O2. The lowest BCUT2D eigenvalue weighted by atomic mass is 10.1. The number of rotatable bonds is 3. The smallest absolute Gasteiger partial charge is 0.335 e. The number of pyridine rings is 1. The number of esters is 1. The van der Waals surface area contributed by atoms with E-state index in [1.807, 2.05) is 25.2 Å². The molecule has 0 fully saturated rings. The van der Waals surface area contributed by atoms with E-state index in [-0.39, 0.29) is 0 Å².